The molecule has 0 aliphatic heterocycles. The summed E-state index contributed by atoms with van der Waals surface area (Å²) in [5.74, 6) is -1.62. The molecule has 2 aromatic rings. The van der Waals surface area contributed by atoms with Crippen LogP contribution in [0.2, 0.25) is 0 Å². The maximum atomic E-state index is 13.3. The van der Waals surface area contributed by atoms with E-state index in [0.717, 1.165) is 18.2 Å². The van der Waals surface area contributed by atoms with Gasteiger partial charge in [0.15, 0.2) is 17.3 Å². The highest BCUT2D eigenvalue weighted by Gasteiger charge is 2.34. The molecule has 0 amide bonds. The van der Waals surface area contributed by atoms with Crippen LogP contribution in [0.25, 0.3) is 0 Å². The van der Waals surface area contributed by atoms with Gasteiger partial charge in [0, 0.05) is 30.4 Å². The number of fused-ring (bicyclic) bond motifs is 1. The molecule has 1 aromatic carbocycles. The number of hydrogen-bond donors (Lipinski definition) is 1. The SMILES string of the molecule is COC1=CC(=O)c2c(c(COc3cc(F)ccc3O)c(C)n2C)C1=O. The summed E-state index contributed by atoms with van der Waals surface area (Å²) in [7, 11) is 2.99. The van der Waals surface area contributed by atoms with Gasteiger partial charge in [-0.25, -0.2) is 4.39 Å². The number of rotatable bonds is 4. The van der Waals surface area contributed by atoms with Crippen molar-refractivity contribution in [2.24, 2.45) is 7.05 Å². The molecule has 0 atom stereocenters. The molecule has 0 spiro atoms. The van der Waals surface area contributed by atoms with Crippen molar-refractivity contribution in [1.82, 2.24) is 4.57 Å². The number of carbonyl (C=O) groups excluding carboxylic acids is 2. The van der Waals surface area contributed by atoms with E-state index in [9.17, 15) is 19.1 Å². The van der Waals surface area contributed by atoms with Gasteiger partial charge < -0.3 is 19.1 Å². The first-order valence-corrected chi connectivity index (χ1v) is 7.49. The van der Waals surface area contributed by atoms with Gasteiger partial charge in [0.2, 0.25) is 11.6 Å². The van der Waals surface area contributed by atoms with E-state index < -0.39 is 11.6 Å². The highest BCUT2D eigenvalue weighted by molar-refractivity contribution is 6.24. The molecule has 1 aliphatic carbocycles. The molecule has 1 heterocycles. The summed E-state index contributed by atoms with van der Waals surface area (Å²) in [6.07, 6.45) is 1.16. The zero-order chi connectivity index (χ0) is 18.3. The van der Waals surface area contributed by atoms with Crippen LogP contribution in [0.5, 0.6) is 11.5 Å². The van der Waals surface area contributed by atoms with Gasteiger partial charge in [0.05, 0.1) is 12.7 Å². The zero-order valence-electron chi connectivity index (χ0n) is 13.9. The van der Waals surface area contributed by atoms with E-state index in [4.69, 9.17) is 9.47 Å². The summed E-state index contributed by atoms with van der Waals surface area (Å²) >= 11 is 0. The van der Waals surface area contributed by atoms with Gasteiger partial charge in [0.1, 0.15) is 18.1 Å². The summed E-state index contributed by atoms with van der Waals surface area (Å²) in [4.78, 5) is 24.9. The number of ketones is 2. The highest BCUT2D eigenvalue weighted by atomic mass is 19.1. The molecule has 0 unspecified atom stereocenters. The summed E-state index contributed by atoms with van der Waals surface area (Å²) < 4.78 is 25.4. The minimum atomic E-state index is -0.560. The van der Waals surface area contributed by atoms with Crippen LogP contribution in [0.4, 0.5) is 4.39 Å². The van der Waals surface area contributed by atoms with Crippen LogP contribution in [-0.4, -0.2) is 28.3 Å². The normalized spacial score (nSPS) is 13.5. The second-order valence-corrected chi connectivity index (χ2v) is 5.65. The fourth-order valence-electron chi connectivity index (χ4n) is 2.85. The molecule has 0 saturated carbocycles. The topological polar surface area (TPSA) is 77.8 Å². The van der Waals surface area contributed by atoms with E-state index in [1.54, 1.807) is 18.5 Å². The molecule has 130 valence electrons. The van der Waals surface area contributed by atoms with Gasteiger partial charge >= 0.3 is 0 Å². The Kier molecular flexibility index (Phi) is 4.08. The van der Waals surface area contributed by atoms with Crippen molar-refractivity contribution >= 4 is 11.6 Å². The number of ether oxygens (including phenoxy) is 2. The number of hydrogen-bond acceptors (Lipinski definition) is 5. The van der Waals surface area contributed by atoms with Crippen LogP contribution in [0.1, 0.15) is 32.1 Å². The first kappa shape index (κ1) is 16.8. The molecule has 1 aromatic heterocycles. The van der Waals surface area contributed by atoms with Gasteiger partial charge in [-0.2, -0.15) is 0 Å². The maximum Gasteiger partial charge on any atom is 0.230 e. The van der Waals surface area contributed by atoms with Gasteiger partial charge in [0.25, 0.3) is 0 Å². The number of allylic oxidation sites excluding steroid dienone is 2. The van der Waals surface area contributed by atoms with E-state index in [1.807, 2.05) is 0 Å². The molecule has 0 radical (unpaired) electrons. The smallest absolute Gasteiger partial charge is 0.230 e. The molecule has 0 bridgehead atoms. The van der Waals surface area contributed by atoms with Crippen molar-refractivity contribution in [3.63, 3.8) is 0 Å². The third-order valence-corrected chi connectivity index (χ3v) is 4.27. The Labute approximate surface area is 143 Å². The highest BCUT2D eigenvalue weighted by Crippen LogP contribution is 2.32. The number of halogens is 1. The number of aromatic nitrogens is 1. The quantitative estimate of drug-likeness (QED) is 0.922. The lowest BCUT2D eigenvalue weighted by atomic mass is 9.96. The van der Waals surface area contributed by atoms with Crippen molar-refractivity contribution in [3.8, 4) is 11.5 Å². The molecule has 1 aliphatic rings. The predicted octanol–water partition coefficient (Wildman–Crippen LogP) is 2.67. The Bertz CT molecular complexity index is 926. The number of nitrogens with zero attached hydrogens (tertiary/aromatic N) is 1. The Hall–Kier alpha value is -3.09. The van der Waals surface area contributed by atoms with E-state index in [1.165, 1.54) is 13.2 Å². The molecule has 1 N–H and O–H groups in total. The first-order valence-electron chi connectivity index (χ1n) is 7.49. The van der Waals surface area contributed by atoms with Crippen molar-refractivity contribution in [3.05, 3.63) is 58.4 Å². The average Bonchev–Trinajstić information content (AvgIpc) is 2.84. The fraction of sp³-hybridized carbons (Fsp3) is 0.222. The van der Waals surface area contributed by atoms with E-state index in [0.29, 0.717) is 11.3 Å². The summed E-state index contributed by atoms with van der Waals surface area (Å²) in [6.45, 7) is 1.64. The van der Waals surface area contributed by atoms with Crippen molar-refractivity contribution in [2.45, 2.75) is 13.5 Å². The molecule has 0 saturated heterocycles. The summed E-state index contributed by atoms with van der Waals surface area (Å²) in [5, 5.41) is 9.75. The number of aromatic hydroxyl groups is 1. The lowest BCUT2D eigenvalue weighted by Gasteiger charge is -2.14. The molecule has 7 heteroatoms. The number of carbonyl (C=O) groups is 2. The first-order chi connectivity index (χ1) is 11.8. The monoisotopic (exact) mass is 345 g/mol. The van der Waals surface area contributed by atoms with Crippen LogP contribution in [0.15, 0.2) is 30.0 Å². The summed E-state index contributed by atoms with van der Waals surface area (Å²) in [5.41, 5.74) is 1.61. The molecule has 25 heavy (non-hydrogen) atoms. The predicted molar refractivity (Wildman–Crippen MR) is 86.3 cm³/mol. The molecule has 6 nitrogen and oxygen atoms in total. The average molecular weight is 345 g/mol. The van der Waals surface area contributed by atoms with E-state index >= 15 is 0 Å². The number of phenolic OH excluding ortho intramolecular Hbond substituents is 1. The number of phenols is 1. The van der Waals surface area contributed by atoms with Gasteiger partial charge in [-0.05, 0) is 19.1 Å². The van der Waals surface area contributed by atoms with Crippen LogP contribution >= 0.6 is 0 Å². The third-order valence-electron chi connectivity index (χ3n) is 4.27. The second kappa shape index (κ2) is 6.08. The Morgan fingerprint density at radius 2 is 2.00 bits per heavy atom. The van der Waals surface area contributed by atoms with Crippen LogP contribution < -0.4 is 4.74 Å². The van der Waals surface area contributed by atoms with Gasteiger partial charge in [-0.3, -0.25) is 9.59 Å². The molecule has 0 fully saturated rings. The Morgan fingerprint density at radius 3 is 2.68 bits per heavy atom. The van der Waals surface area contributed by atoms with Gasteiger partial charge in [-0.15, -0.1) is 0 Å². The molecular formula is C18H16FNO5. The standard InChI is InChI=1S/C18H16FNO5/c1-9-11(8-25-14-6-10(19)4-5-12(14)21)16-17(20(9)2)13(22)7-15(24-3)18(16)23/h4-7,21H,8H2,1-3H3. The van der Waals surface area contributed by atoms with Gasteiger partial charge in [-0.1, -0.05) is 0 Å². The Balaban J connectivity index is 2.02. The van der Waals surface area contributed by atoms with Crippen LogP contribution in [0.3, 0.4) is 0 Å². The molecular weight excluding hydrogens is 329 g/mol. The minimum Gasteiger partial charge on any atom is -0.504 e. The number of methoxy groups -OCH3 is 1. The third kappa shape index (κ3) is 2.67. The van der Waals surface area contributed by atoms with Crippen LogP contribution in [0, 0.1) is 12.7 Å². The lowest BCUT2D eigenvalue weighted by molar-refractivity contribution is 0.0912. The fourth-order valence-corrected chi connectivity index (χ4v) is 2.85. The van der Waals surface area contributed by atoms with Crippen LogP contribution in [-0.2, 0) is 18.4 Å². The largest absolute Gasteiger partial charge is 0.504 e. The van der Waals surface area contributed by atoms with E-state index in [2.05, 4.69) is 0 Å². The lowest BCUT2D eigenvalue weighted by Crippen LogP contribution is -2.20. The Morgan fingerprint density at radius 1 is 1.28 bits per heavy atom. The van der Waals surface area contributed by atoms with Crippen molar-refractivity contribution < 1.29 is 28.6 Å². The zero-order valence-corrected chi connectivity index (χ0v) is 13.9. The molecule has 3 rings (SSSR count). The number of benzene rings is 1. The minimum absolute atomic E-state index is 0.0436. The van der Waals surface area contributed by atoms with Crippen molar-refractivity contribution in [2.75, 3.05) is 7.11 Å². The summed E-state index contributed by atoms with van der Waals surface area (Å²) in [6, 6.07) is 3.33. The maximum absolute atomic E-state index is 13.3. The second-order valence-electron chi connectivity index (χ2n) is 5.65. The number of Topliss-reactive ketones (excluding diaryl/α,β-unsaturated/α-hetero) is 1. The van der Waals surface area contributed by atoms with E-state index in [-0.39, 0.29) is 40.9 Å². The van der Waals surface area contributed by atoms with Crippen molar-refractivity contribution in [1.29, 1.82) is 0 Å².